The number of nitriles is 1. The fraction of sp³-hybridized carbons (Fsp3) is 0.312. The van der Waals surface area contributed by atoms with Gasteiger partial charge in [-0.15, -0.1) is 0 Å². The first-order valence-corrected chi connectivity index (χ1v) is 15.3. The number of amides is 1. The molecule has 2 fully saturated rings. The van der Waals surface area contributed by atoms with Crippen LogP contribution in [0.1, 0.15) is 35.6 Å². The van der Waals surface area contributed by atoms with E-state index < -0.39 is 0 Å². The summed E-state index contributed by atoms with van der Waals surface area (Å²) >= 11 is 6.85. The van der Waals surface area contributed by atoms with Crippen LogP contribution in [0.3, 0.4) is 0 Å². The number of nitrogens with zero attached hydrogens (tertiary/aromatic N) is 5. The Morgan fingerprint density at radius 2 is 1.67 bits per heavy atom. The van der Waals surface area contributed by atoms with Crippen molar-refractivity contribution in [3.63, 3.8) is 0 Å². The number of halogens is 1. The lowest BCUT2D eigenvalue weighted by Gasteiger charge is -2.39. The smallest absolute Gasteiger partial charge is 0.270 e. The summed E-state index contributed by atoms with van der Waals surface area (Å²) < 4.78 is 15.7. The van der Waals surface area contributed by atoms with Gasteiger partial charge in [0.2, 0.25) is 0 Å². The van der Waals surface area contributed by atoms with Crippen molar-refractivity contribution in [3.8, 4) is 6.07 Å². The Bertz CT molecular complexity index is 1620. The van der Waals surface area contributed by atoms with Crippen molar-refractivity contribution in [2.75, 3.05) is 42.5 Å². The third-order valence-electron chi connectivity index (χ3n) is 7.68. The highest BCUT2D eigenvalue weighted by Gasteiger charge is 2.33. The molecule has 2 aliphatic rings. The molecule has 3 heterocycles. The molecule has 42 heavy (non-hydrogen) atoms. The molecule has 0 aliphatic carbocycles. The van der Waals surface area contributed by atoms with E-state index in [4.69, 9.17) is 12.2 Å². The summed E-state index contributed by atoms with van der Waals surface area (Å²) in [6.07, 6.45) is 3.20. The minimum Gasteiger partial charge on any atom is -0.368 e. The number of pyridine rings is 1. The lowest BCUT2D eigenvalue weighted by molar-refractivity contribution is -0.122. The Hall–Kier alpha value is -3.94. The Morgan fingerprint density at radius 1 is 1.00 bits per heavy atom. The highest BCUT2D eigenvalue weighted by atomic mass is 32.2. The average Bonchev–Trinajstić information content (AvgIpc) is 3.27. The zero-order valence-electron chi connectivity index (χ0n) is 23.7. The Balaban J connectivity index is 1.49. The van der Waals surface area contributed by atoms with Crippen molar-refractivity contribution < 1.29 is 9.18 Å². The van der Waals surface area contributed by atoms with E-state index in [2.05, 4.69) is 15.9 Å². The van der Waals surface area contributed by atoms with Gasteiger partial charge in [-0.1, -0.05) is 61.2 Å². The molecule has 0 atom stereocenters. The molecule has 0 unspecified atom stereocenters. The molecule has 2 aromatic carbocycles. The van der Waals surface area contributed by atoms with Crippen LogP contribution in [-0.4, -0.2) is 52.4 Å². The SMILES string of the molecule is CCCn1c(N2CCN(c3ccc(F)cc3)CC2)c(/C=C2/SC(=S)N(CCc3ccccc3)C2=O)c(C)c(C#N)c1=O. The maximum Gasteiger partial charge on any atom is 0.270 e. The van der Waals surface area contributed by atoms with Crippen molar-refractivity contribution in [1.82, 2.24) is 9.47 Å². The van der Waals surface area contributed by atoms with Crippen molar-refractivity contribution in [3.05, 3.63) is 97.9 Å². The van der Waals surface area contributed by atoms with E-state index in [9.17, 15) is 19.2 Å². The van der Waals surface area contributed by atoms with Crippen LogP contribution in [0.15, 0.2) is 64.3 Å². The topological polar surface area (TPSA) is 72.6 Å². The van der Waals surface area contributed by atoms with Gasteiger partial charge in [-0.3, -0.25) is 19.1 Å². The van der Waals surface area contributed by atoms with Gasteiger partial charge in [-0.05, 0) is 61.2 Å². The third kappa shape index (κ3) is 5.98. The van der Waals surface area contributed by atoms with E-state index in [0.717, 1.165) is 11.3 Å². The number of thiocarbonyl (C=S) groups is 1. The molecule has 0 spiro atoms. The summed E-state index contributed by atoms with van der Waals surface area (Å²) in [5.41, 5.74) is 3.08. The number of thioether (sulfide) groups is 1. The van der Waals surface area contributed by atoms with E-state index >= 15 is 0 Å². The number of benzene rings is 2. The van der Waals surface area contributed by atoms with Gasteiger partial charge in [0.1, 0.15) is 27.6 Å². The van der Waals surface area contributed by atoms with Gasteiger partial charge in [0.25, 0.3) is 11.5 Å². The first-order chi connectivity index (χ1) is 20.3. The molecule has 5 rings (SSSR count). The molecule has 7 nitrogen and oxygen atoms in total. The quantitative estimate of drug-likeness (QED) is 0.255. The predicted molar refractivity (Wildman–Crippen MR) is 171 cm³/mol. The van der Waals surface area contributed by atoms with Crippen LogP contribution in [-0.2, 0) is 17.8 Å². The minimum atomic E-state index is -0.319. The molecule has 10 heteroatoms. The first kappa shape index (κ1) is 29.5. The van der Waals surface area contributed by atoms with Crippen LogP contribution < -0.4 is 15.4 Å². The first-order valence-electron chi connectivity index (χ1n) is 14.0. The number of rotatable bonds is 8. The lowest BCUT2D eigenvalue weighted by atomic mass is 10.0. The number of aromatic nitrogens is 1. The largest absolute Gasteiger partial charge is 0.368 e. The normalized spacial score (nSPS) is 16.4. The fourth-order valence-electron chi connectivity index (χ4n) is 5.45. The number of anilines is 2. The van der Waals surface area contributed by atoms with E-state index in [0.29, 0.717) is 78.3 Å². The van der Waals surface area contributed by atoms with Crippen molar-refractivity contribution in [2.45, 2.75) is 33.2 Å². The molecule has 0 N–H and O–H groups in total. The van der Waals surface area contributed by atoms with E-state index in [1.54, 1.807) is 28.5 Å². The molecule has 216 valence electrons. The number of hydrogen-bond acceptors (Lipinski definition) is 7. The molecular formula is C32H32FN5O2S2. The second kappa shape index (κ2) is 12.9. The summed E-state index contributed by atoms with van der Waals surface area (Å²) in [5.74, 6) is 0.273. The summed E-state index contributed by atoms with van der Waals surface area (Å²) in [7, 11) is 0. The Morgan fingerprint density at radius 3 is 2.31 bits per heavy atom. The highest BCUT2D eigenvalue weighted by molar-refractivity contribution is 8.26. The molecule has 1 aromatic heterocycles. The standard InChI is InChI=1S/C32H32FN5O2S2/c1-3-14-37-29(36-18-16-35(17-19-36)25-11-9-24(33)10-12-25)26(22(2)27(21-34)30(37)39)20-28-31(40)38(32(41)42-28)15-13-23-7-5-4-6-8-23/h4-12,20H,3,13-19H2,1-2H3/b28-20+. The van der Waals surface area contributed by atoms with Crippen LogP contribution in [0, 0.1) is 24.1 Å². The van der Waals surface area contributed by atoms with Crippen molar-refractivity contribution in [1.29, 1.82) is 5.26 Å². The molecule has 0 bridgehead atoms. The molecule has 1 amide bonds. The van der Waals surface area contributed by atoms with Crippen molar-refractivity contribution in [2.24, 2.45) is 0 Å². The minimum absolute atomic E-state index is 0.0861. The molecule has 2 saturated heterocycles. The monoisotopic (exact) mass is 601 g/mol. The van der Waals surface area contributed by atoms with E-state index in [1.165, 1.54) is 23.9 Å². The molecule has 0 radical (unpaired) electrons. The van der Waals surface area contributed by atoms with Crippen LogP contribution in [0.4, 0.5) is 15.9 Å². The summed E-state index contributed by atoms with van der Waals surface area (Å²) in [6.45, 7) is 7.26. The number of carbonyl (C=O) groups excluding carboxylic acids is 1. The Kier molecular flexibility index (Phi) is 9.09. The lowest BCUT2D eigenvalue weighted by Crippen LogP contribution is -2.48. The molecule has 0 saturated carbocycles. The van der Waals surface area contributed by atoms with Gasteiger partial charge < -0.3 is 9.80 Å². The highest BCUT2D eigenvalue weighted by Crippen LogP contribution is 2.36. The van der Waals surface area contributed by atoms with Gasteiger partial charge >= 0.3 is 0 Å². The van der Waals surface area contributed by atoms with Crippen LogP contribution in [0.2, 0.25) is 0 Å². The van der Waals surface area contributed by atoms with Gasteiger partial charge in [0, 0.05) is 50.5 Å². The molecular weight excluding hydrogens is 570 g/mol. The van der Waals surface area contributed by atoms with Crippen LogP contribution in [0.25, 0.3) is 6.08 Å². The summed E-state index contributed by atoms with van der Waals surface area (Å²) in [5, 5.41) is 9.94. The summed E-state index contributed by atoms with van der Waals surface area (Å²) in [4.78, 5) is 33.5. The summed E-state index contributed by atoms with van der Waals surface area (Å²) in [6, 6.07) is 18.5. The van der Waals surface area contributed by atoms with Crippen LogP contribution in [0.5, 0.6) is 0 Å². The number of hydrogen-bond donors (Lipinski definition) is 0. The van der Waals surface area contributed by atoms with Crippen molar-refractivity contribution >= 4 is 51.8 Å². The van der Waals surface area contributed by atoms with Gasteiger partial charge in [0.15, 0.2) is 0 Å². The Labute approximate surface area is 254 Å². The molecule has 3 aromatic rings. The third-order valence-corrected chi connectivity index (χ3v) is 9.06. The van der Waals surface area contributed by atoms with E-state index in [1.807, 2.05) is 43.3 Å². The van der Waals surface area contributed by atoms with E-state index in [-0.39, 0.29) is 22.8 Å². The zero-order chi connectivity index (χ0) is 29.8. The van der Waals surface area contributed by atoms with Gasteiger partial charge in [-0.2, -0.15) is 5.26 Å². The second-order valence-corrected chi connectivity index (χ2v) is 12.0. The predicted octanol–water partition coefficient (Wildman–Crippen LogP) is 5.35. The zero-order valence-corrected chi connectivity index (χ0v) is 25.3. The second-order valence-electron chi connectivity index (χ2n) is 10.3. The van der Waals surface area contributed by atoms with Gasteiger partial charge in [-0.25, -0.2) is 4.39 Å². The average molecular weight is 602 g/mol. The van der Waals surface area contributed by atoms with Gasteiger partial charge in [0.05, 0.1) is 4.91 Å². The number of piperazine rings is 1. The molecule has 2 aliphatic heterocycles. The maximum atomic E-state index is 13.6. The number of carbonyl (C=O) groups is 1. The fourth-order valence-corrected chi connectivity index (χ4v) is 6.74. The van der Waals surface area contributed by atoms with Crippen LogP contribution >= 0.6 is 24.0 Å². The maximum absolute atomic E-state index is 13.6.